The van der Waals surface area contributed by atoms with Gasteiger partial charge in [0.2, 0.25) is 0 Å². The average Bonchev–Trinajstić information content (AvgIpc) is 2.46. The lowest BCUT2D eigenvalue weighted by molar-refractivity contribution is -0.0496. The van der Waals surface area contributed by atoms with Crippen molar-refractivity contribution in [2.75, 3.05) is 24.7 Å². The average molecular weight is 404 g/mol. The zero-order valence-corrected chi connectivity index (χ0v) is 15.0. The number of Topliss-reactive ketones (excluding diaryl/α,β-unsaturated/α-hetero) is 1. The molecular formula is C14H19F3O6S2. The summed E-state index contributed by atoms with van der Waals surface area (Å²) in [5.74, 6) is -1.46. The van der Waals surface area contributed by atoms with E-state index in [2.05, 4.69) is 3.63 Å². The molecule has 0 amide bonds. The molecule has 1 rings (SSSR count). The predicted octanol–water partition coefficient (Wildman–Crippen LogP) is 1.96. The maximum absolute atomic E-state index is 12.7. The van der Waals surface area contributed by atoms with Crippen molar-refractivity contribution in [3.8, 4) is 0 Å². The fourth-order valence-corrected chi connectivity index (χ4v) is 6.72. The molecular weight excluding hydrogens is 385 g/mol. The minimum atomic E-state index is -5.92. The summed E-state index contributed by atoms with van der Waals surface area (Å²) in [7, 11) is -9.03. The van der Waals surface area contributed by atoms with Gasteiger partial charge in [-0.25, -0.2) is 3.63 Å². The van der Waals surface area contributed by atoms with E-state index in [9.17, 15) is 36.6 Å². The van der Waals surface area contributed by atoms with E-state index >= 15 is 0 Å². The molecule has 0 aliphatic carbocycles. The van der Waals surface area contributed by atoms with Crippen molar-refractivity contribution in [1.82, 2.24) is 0 Å². The Hall–Kier alpha value is -1.14. The molecule has 0 aliphatic rings. The third-order valence-electron chi connectivity index (χ3n) is 3.26. The molecule has 144 valence electrons. The number of benzene rings is 1. The molecule has 2 N–H and O–H groups in total. The summed E-state index contributed by atoms with van der Waals surface area (Å²) in [4.78, 5) is 11.7. The Morgan fingerprint density at radius 1 is 1.12 bits per heavy atom. The SMILES string of the molecule is CC(=O)c1ccccc1CS(CCO)(CCO)OS(=O)(=O)C(F)(F)F. The molecule has 11 heteroatoms. The maximum atomic E-state index is 12.7. The van der Waals surface area contributed by atoms with Gasteiger partial charge < -0.3 is 10.2 Å². The normalized spacial score (nSPS) is 13.7. The van der Waals surface area contributed by atoms with Crippen molar-refractivity contribution in [2.45, 2.75) is 18.2 Å². The molecule has 0 unspecified atom stereocenters. The Morgan fingerprint density at radius 2 is 1.64 bits per heavy atom. The zero-order chi connectivity index (χ0) is 19.3. The highest BCUT2D eigenvalue weighted by Gasteiger charge is 2.51. The predicted molar refractivity (Wildman–Crippen MR) is 87.7 cm³/mol. The number of carbonyl (C=O) groups excluding carboxylic acids is 1. The lowest BCUT2D eigenvalue weighted by atomic mass is 10.1. The summed E-state index contributed by atoms with van der Waals surface area (Å²) < 4.78 is 65.6. The van der Waals surface area contributed by atoms with E-state index in [0.29, 0.717) is 5.56 Å². The molecule has 0 bridgehead atoms. The summed E-state index contributed by atoms with van der Waals surface area (Å²) >= 11 is 0. The largest absolute Gasteiger partial charge is 0.523 e. The van der Waals surface area contributed by atoms with Crippen molar-refractivity contribution in [1.29, 1.82) is 0 Å². The molecule has 25 heavy (non-hydrogen) atoms. The quantitative estimate of drug-likeness (QED) is 0.482. The van der Waals surface area contributed by atoms with Gasteiger partial charge in [0.1, 0.15) is 0 Å². The highest BCUT2D eigenvalue weighted by Crippen LogP contribution is 2.55. The van der Waals surface area contributed by atoms with Crippen LogP contribution in [-0.4, -0.2) is 54.6 Å². The number of aliphatic hydroxyl groups is 2. The number of rotatable bonds is 9. The van der Waals surface area contributed by atoms with Gasteiger partial charge in [-0.15, -0.1) is 10.3 Å². The maximum Gasteiger partial charge on any atom is 0.523 e. The summed E-state index contributed by atoms with van der Waals surface area (Å²) in [6.45, 7) is -0.00283. The Balaban J connectivity index is 3.36. The highest BCUT2D eigenvalue weighted by molar-refractivity contribution is 8.32. The summed E-state index contributed by atoms with van der Waals surface area (Å²) in [5.41, 5.74) is -5.12. The summed E-state index contributed by atoms with van der Waals surface area (Å²) in [6, 6.07) is 6.03. The van der Waals surface area contributed by atoms with Crippen LogP contribution in [0.15, 0.2) is 24.3 Å². The third-order valence-corrected chi connectivity index (χ3v) is 8.39. The van der Waals surface area contributed by atoms with Crippen LogP contribution in [0.25, 0.3) is 0 Å². The van der Waals surface area contributed by atoms with Gasteiger partial charge in [0.05, 0.1) is 13.2 Å². The minimum absolute atomic E-state index is 0.211. The van der Waals surface area contributed by atoms with Crippen LogP contribution in [0.2, 0.25) is 0 Å². The summed E-state index contributed by atoms with van der Waals surface area (Å²) in [6.07, 6.45) is 0. The first-order chi connectivity index (χ1) is 11.5. The van der Waals surface area contributed by atoms with Gasteiger partial charge in [0.25, 0.3) is 0 Å². The Bertz CT molecular complexity index is 697. The van der Waals surface area contributed by atoms with E-state index < -0.39 is 50.7 Å². The van der Waals surface area contributed by atoms with Gasteiger partial charge in [-0.3, -0.25) is 4.79 Å². The van der Waals surface area contributed by atoms with E-state index in [-0.39, 0.29) is 17.1 Å². The molecule has 0 aliphatic heterocycles. The Kier molecular flexibility index (Phi) is 7.44. The van der Waals surface area contributed by atoms with E-state index in [0.717, 1.165) is 0 Å². The van der Waals surface area contributed by atoms with Gasteiger partial charge in [0, 0.05) is 22.8 Å². The number of carbonyl (C=O) groups is 1. The topological polar surface area (TPSA) is 101 Å². The lowest BCUT2D eigenvalue weighted by Gasteiger charge is -2.38. The Morgan fingerprint density at radius 3 is 2.08 bits per heavy atom. The second kappa shape index (κ2) is 8.49. The number of hydrogen-bond donors (Lipinski definition) is 2. The second-order valence-corrected chi connectivity index (χ2v) is 10.1. The van der Waals surface area contributed by atoms with Crippen LogP contribution in [-0.2, 0) is 19.5 Å². The van der Waals surface area contributed by atoms with Crippen molar-refractivity contribution in [2.24, 2.45) is 0 Å². The van der Waals surface area contributed by atoms with Crippen LogP contribution in [0.3, 0.4) is 0 Å². The first kappa shape index (κ1) is 21.9. The molecule has 0 fully saturated rings. The van der Waals surface area contributed by atoms with Crippen LogP contribution >= 0.6 is 10.3 Å². The molecule has 0 spiro atoms. The Labute approximate surface area is 145 Å². The molecule has 1 aromatic carbocycles. The van der Waals surface area contributed by atoms with Crippen molar-refractivity contribution >= 4 is 26.2 Å². The van der Waals surface area contributed by atoms with Crippen LogP contribution < -0.4 is 0 Å². The van der Waals surface area contributed by atoms with E-state index in [4.69, 9.17) is 0 Å². The molecule has 0 saturated carbocycles. The molecule has 0 radical (unpaired) electrons. The molecule has 0 heterocycles. The lowest BCUT2D eigenvalue weighted by Crippen LogP contribution is -2.31. The van der Waals surface area contributed by atoms with Gasteiger partial charge in [-0.05, 0) is 12.5 Å². The van der Waals surface area contributed by atoms with Crippen molar-refractivity contribution in [3.05, 3.63) is 35.4 Å². The molecule has 1 aromatic rings. The van der Waals surface area contributed by atoms with E-state index in [1.807, 2.05) is 0 Å². The van der Waals surface area contributed by atoms with Gasteiger partial charge in [-0.2, -0.15) is 21.6 Å². The smallest absolute Gasteiger partial charge is 0.395 e. The number of ketones is 1. The number of hydrogen-bond acceptors (Lipinski definition) is 6. The van der Waals surface area contributed by atoms with Crippen LogP contribution in [0.4, 0.5) is 13.2 Å². The third kappa shape index (κ3) is 5.68. The number of alkyl halides is 3. The first-order valence-electron chi connectivity index (χ1n) is 7.07. The highest BCUT2D eigenvalue weighted by atomic mass is 32.3. The first-order valence-corrected chi connectivity index (χ1v) is 10.5. The van der Waals surface area contributed by atoms with Gasteiger partial charge >= 0.3 is 15.6 Å². The van der Waals surface area contributed by atoms with Crippen LogP contribution in [0.1, 0.15) is 22.8 Å². The number of halogens is 3. The summed E-state index contributed by atoms with van der Waals surface area (Å²) in [5, 5.41) is 18.4. The second-order valence-electron chi connectivity index (χ2n) is 5.15. The molecule has 0 saturated heterocycles. The standard InChI is InChI=1S/C14H19F3O6S2/c1-11(20)13-5-3-2-4-12(13)10-24(8-6-18,9-7-19)23-25(21,22)14(15,16)17/h2-5,18-19H,6-10H2,1H3. The number of aliphatic hydroxyl groups excluding tert-OH is 2. The van der Waals surface area contributed by atoms with Crippen LogP contribution in [0.5, 0.6) is 0 Å². The van der Waals surface area contributed by atoms with Crippen molar-refractivity contribution in [3.63, 3.8) is 0 Å². The van der Waals surface area contributed by atoms with Crippen molar-refractivity contribution < 1.29 is 40.2 Å². The van der Waals surface area contributed by atoms with E-state index in [1.165, 1.54) is 19.1 Å². The van der Waals surface area contributed by atoms with Gasteiger partial charge in [-0.1, -0.05) is 24.3 Å². The fraction of sp³-hybridized carbons (Fsp3) is 0.500. The zero-order valence-electron chi connectivity index (χ0n) is 13.3. The molecule has 0 atom stereocenters. The van der Waals surface area contributed by atoms with E-state index in [1.54, 1.807) is 12.1 Å². The van der Waals surface area contributed by atoms with Gasteiger partial charge in [0.15, 0.2) is 5.78 Å². The fourth-order valence-electron chi connectivity index (χ4n) is 2.17. The van der Waals surface area contributed by atoms with Crippen LogP contribution in [0, 0.1) is 0 Å². The minimum Gasteiger partial charge on any atom is -0.395 e. The molecule has 0 aromatic heterocycles. The molecule has 6 nitrogen and oxygen atoms in total. The monoisotopic (exact) mass is 404 g/mol.